The van der Waals surface area contributed by atoms with Gasteiger partial charge in [0.1, 0.15) is 0 Å². The molecule has 1 aliphatic rings. The Morgan fingerprint density at radius 3 is 2.67 bits per heavy atom. The number of nitrogens with two attached hydrogens (primary N) is 1. The van der Waals surface area contributed by atoms with Crippen LogP contribution in [0.2, 0.25) is 0 Å². The van der Waals surface area contributed by atoms with Crippen LogP contribution in [0.25, 0.3) is 0 Å². The van der Waals surface area contributed by atoms with Gasteiger partial charge in [-0.15, -0.1) is 0 Å². The summed E-state index contributed by atoms with van der Waals surface area (Å²) in [5.74, 6) is 0. The van der Waals surface area contributed by atoms with Crippen LogP contribution in [0.1, 0.15) is 12.0 Å². The molecule has 3 nitrogen and oxygen atoms in total. The fourth-order valence-corrected chi connectivity index (χ4v) is 1.85. The van der Waals surface area contributed by atoms with Crippen LogP contribution in [-0.4, -0.2) is 26.3 Å². The molecule has 1 aliphatic heterocycles. The van der Waals surface area contributed by atoms with Crippen LogP contribution < -0.4 is 10.6 Å². The van der Waals surface area contributed by atoms with E-state index in [1.807, 2.05) is 0 Å². The molecule has 1 aromatic rings. The van der Waals surface area contributed by atoms with Gasteiger partial charge in [-0.05, 0) is 24.1 Å². The van der Waals surface area contributed by atoms with Gasteiger partial charge in [-0.25, -0.2) is 0 Å². The molecular formula is C12H18N2O. The molecule has 1 saturated heterocycles. The number of ether oxygens (including phenoxy) is 1. The van der Waals surface area contributed by atoms with Gasteiger partial charge in [0, 0.05) is 31.9 Å². The quantitative estimate of drug-likeness (QED) is 0.794. The van der Waals surface area contributed by atoms with Crippen LogP contribution in [0.3, 0.4) is 0 Å². The summed E-state index contributed by atoms with van der Waals surface area (Å²) in [4.78, 5) is 2.37. The summed E-state index contributed by atoms with van der Waals surface area (Å²) in [6.07, 6.45) is 1.11. The van der Waals surface area contributed by atoms with E-state index in [0.29, 0.717) is 6.54 Å². The molecular weight excluding hydrogens is 188 g/mol. The van der Waals surface area contributed by atoms with E-state index in [1.165, 1.54) is 11.3 Å². The molecule has 1 aromatic carbocycles. The second-order valence-corrected chi connectivity index (χ2v) is 3.82. The van der Waals surface area contributed by atoms with Crippen molar-refractivity contribution in [3.05, 3.63) is 29.8 Å². The molecule has 0 saturated carbocycles. The molecule has 15 heavy (non-hydrogen) atoms. The predicted octanol–water partition coefficient (Wildman–Crippen LogP) is 1.37. The highest BCUT2D eigenvalue weighted by Crippen LogP contribution is 2.16. The highest BCUT2D eigenvalue weighted by Gasteiger charge is 2.09. The van der Waals surface area contributed by atoms with Gasteiger partial charge in [-0.1, -0.05) is 12.1 Å². The molecule has 0 atom stereocenters. The molecule has 0 bridgehead atoms. The number of hydrogen-bond acceptors (Lipinski definition) is 3. The zero-order valence-corrected chi connectivity index (χ0v) is 8.98. The van der Waals surface area contributed by atoms with Gasteiger partial charge in [0.25, 0.3) is 0 Å². The maximum Gasteiger partial charge on any atom is 0.0641 e. The molecule has 0 radical (unpaired) electrons. The molecule has 2 N–H and O–H groups in total. The van der Waals surface area contributed by atoms with Crippen LogP contribution in [0.5, 0.6) is 0 Å². The number of rotatable bonds is 2. The molecule has 0 aliphatic carbocycles. The first-order chi connectivity index (χ1) is 7.40. The van der Waals surface area contributed by atoms with E-state index in [0.717, 1.165) is 32.7 Å². The largest absolute Gasteiger partial charge is 0.380 e. The lowest BCUT2D eigenvalue weighted by Crippen LogP contribution is -2.25. The number of benzene rings is 1. The second kappa shape index (κ2) is 5.14. The third-order valence-corrected chi connectivity index (χ3v) is 2.76. The molecule has 0 spiro atoms. The molecule has 2 rings (SSSR count). The maximum absolute atomic E-state index is 5.57. The summed E-state index contributed by atoms with van der Waals surface area (Å²) in [6.45, 7) is 4.41. The highest BCUT2D eigenvalue weighted by molar-refractivity contribution is 5.47. The van der Waals surface area contributed by atoms with E-state index in [2.05, 4.69) is 29.2 Å². The van der Waals surface area contributed by atoms with Gasteiger partial charge in [0.15, 0.2) is 0 Å². The SMILES string of the molecule is NCc1ccc(N2CCCOCC2)cc1. The minimum Gasteiger partial charge on any atom is -0.380 e. The minimum absolute atomic E-state index is 0.614. The molecule has 3 heteroatoms. The molecule has 0 unspecified atom stereocenters. The fourth-order valence-electron chi connectivity index (χ4n) is 1.85. The average Bonchev–Trinajstić information content (AvgIpc) is 2.58. The van der Waals surface area contributed by atoms with Crippen molar-refractivity contribution in [1.29, 1.82) is 0 Å². The third kappa shape index (κ3) is 2.70. The Balaban J connectivity index is 2.06. The lowest BCUT2D eigenvalue weighted by molar-refractivity contribution is 0.152. The summed E-state index contributed by atoms with van der Waals surface area (Å²) in [5.41, 5.74) is 8.03. The molecule has 1 fully saturated rings. The summed E-state index contributed by atoms with van der Waals surface area (Å²) in [7, 11) is 0. The van der Waals surface area contributed by atoms with Crippen molar-refractivity contribution in [2.45, 2.75) is 13.0 Å². The van der Waals surface area contributed by atoms with Gasteiger partial charge >= 0.3 is 0 Å². The van der Waals surface area contributed by atoms with Crippen molar-refractivity contribution in [2.75, 3.05) is 31.2 Å². The Hall–Kier alpha value is -1.06. The second-order valence-electron chi connectivity index (χ2n) is 3.82. The van der Waals surface area contributed by atoms with Gasteiger partial charge in [0.05, 0.1) is 6.61 Å². The van der Waals surface area contributed by atoms with Crippen LogP contribution in [0.15, 0.2) is 24.3 Å². The van der Waals surface area contributed by atoms with Crippen molar-refractivity contribution < 1.29 is 4.74 Å². The van der Waals surface area contributed by atoms with Crippen molar-refractivity contribution >= 4 is 5.69 Å². The van der Waals surface area contributed by atoms with Crippen molar-refractivity contribution in [3.63, 3.8) is 0 Å². The van der Waals surface area contributed by atoms with E-state index in [-0.39, 0.29) is 0 Å². The van der Waals surface area contributed by atoms with Crippen molar-refractivity contribution in [2.24, 2.45) is 5.73 Å². The average molecular weight is 206 g/mol. The van der Waals surface area contributed by atoms with Gasteiger partial charge in [-0.3, -0.25) is 0 Å². The Labute approximate surface area is 90.8 Å². The minimum atomic E-state index is 0.614. The topological polar surface area (TPSA) is 38.5 Å². The summed E-state index contributed by atoms with van der Waals surface area (Å²) < 4.78 is 5.43. The van der Waals surface area contributed by atoms with E-state index in [9.17, 15) is 0 Å². The van der Waals surface area contributed by atoms with E-state index in [1.54, 1.807) is 0 Å². The summed E-state index contributed by atoms with van der Waals surface area (Å²) >= 11 is 0. The first kappa shape index (κ1) is 10.5. The first-order valence-corrected chi connectivity index (χ1v) is 5.52. The molecule has 0 amide bonds. The van der Waals surface area contributed by atoms with Crippen LogP contribution in [0.4, 0.5) is 5.69 Å². The third-order valence-electron chi connectivity index (χ3n) is 2.76. The first-order valence-electron chi connectivity index (χ1n) is 5.52. The zero-order valence-electron chi connectivity index (χ0n) is 8.98. The smallest absolute Gasteiger partial charge is 0.0641 e. The number of anilines is 1. The van der Waals surface area contributed by atoms with Gasteiger partial charge in [0.2, 0.25) is 0 Å². The van der Waals surface area contributed by atoms with Crippen LogP contribution in [0, 0.1) is 0 Å². The Morgan fingerprint density at radius 1 is 1.13 bits per heavy atom. The standard InChI is InChI=1S/C12H18N2O/c13-10-11-2-4-12(5-3-11)14-6-1-8-15-9-7-14/h2-5H,1,6-10,13H2. The Bertz CT molecular complexity index is 289. The van der Waals surface area contributed by atoms with Crippen molar-refractivity contribution in [1.82, 2.24) is 0 Å². The highest BCUT2D eigenvalue weighted by atomic mass is 16.5. The lowest BCUT2D eigenvalue weighted by Gasteiger charge is -2.22. The van der Waals surface area contributed by atoms with E-state index in [4.69, 9.17) is 10.5 Å². The van der Waals surface area contributed by atoms with E-state index < -0.39 is 0 Å². The fraction of sp³-hybridized carbons (Fsp3) is 0.500. The maximum atomic E-state index is 5.57. The van der Waals surface area contributed by atoms with Gasteiger partial charge in [-0.2, -0.15) is 0 Å². The summed E-state index contributed by atoms with van der Waals surface area (Å²) in [5, 5.41) is 0. The van der Waals surface area contributed by atoms with E-state index >= 15 is 0 Å². The Kier molecular flexibility index (Phi) is 3.59. The summed E-state index contributed by atoms with van der Waals surface area (Å²) in [6, 6.07) is 8.49. The zero-order chi connectivity index (χ0) is 10.5. The Morgan fingerprint density at radius 2 is 1.93 bits per heavy atom. The monoisotopic (exact) mass is 206 g/mol. The molecule has 0 aromatic heterocycles. The lowest BCUT2D eigenvalue weighted by atomic mass is 10.2. The van der Waals surface area contributed by atoms with Gasteiger partial charge < -0.3 is 15.4 Å². The molecule has 82 valence electrons. The number of hydrogen-bond donors (Lipinski definition) is 1. The number of nitrogens with zero attached hydrogens (tertiary/aromatic N) is 1. The van der Waals surface area contributed by atoms with Crippen LogP contribution >= 0.6 is 0 Å². The van der Waals surface area contributed by atoms with Crippen molar-refractivity contribution in [3.8, 4) is 0 Å². The van der Waals surface area contributed by atoms with Crippen LogP contribution in [-0.2, 0) is 11.3 Å². The normalized spacial score (nSPS) is 17.5. The molecule has 1 heterocycles. The predicted molar refractivity (Wildman–Crippen MR) is 62.0 cm³/mol.